The van der Waals surface area contributed by atoms with Gasteiger partial charge in [-0.25, -0.2) is 9.78 Å². The second-order valence-corrected chi connectivity index (χ2v) is 5.76. The van der Waals surface area contributed by atoms with Crippen LogP contribution in [0.2, 0.25) is 0 Å². The third-order valence-corrected chi connectivity index (χ3v) is 3.82. The zero-order valence-electron chi connectivity index (χ0n) is 13.6. The van der Waals surface area contributed by atoms with E-state index >= 15 is 0 Å². The van der Waals surface area contributed by atoms with Crippen LogP contribution in [0.15, 0.2) is 48.8 Å². The fourth-order valence-electron chi connectivity index (χ4n) is 2.60. The lowest BCUT2D eigenvalue weighted by Gasteiger charge is -1.99. The molecule has 0 spiro atoms. The molecule has 0 bridgehead atoms. The molecule has 0 saturated heterocycles. The molecule has 0 aliphatic carbocycles. The van der Waals surface area contributed by atoms with E-state index in [1.165, 1.54) is 6.08 Å². The minimum absolute atomic E-state index is 0.130. The summed E-state index contributed by atoms with van der Waals surface area (Å²) in [5.41, 5.74) is 3.51. The van der Waals surface area contributed by atoms with E-state index in [0.717, 1.165) is 16.8 Å². The van der Waals surface area contributed by atoms with Crippen molar-refractivity contribution in [3.05, 3.63) is 65.6 Å². The lowest BCUT2D eigenvalue weighted by molar-refractivity contribution is -0.139. The van der Waals surface area contributed by atoms with Crippen molar-refractivity contribution in [1.29, 1.82) is 0 Å². The number of hydrogen-bond acceptors (Lipinski definition) is 5. The van der Waals surface area contributed by atoms with E-state index in [2.05, 4.69) is 4.98 Å². The monoisotopic (exact) mass is 336 g/mol. The molecule has 6 heteroatoms. The number of hydrogen-bond donors (Lipinski definition) is 0. The third kappa shape index (κ3) is 3.33. The van der Waals surface area contributed by atoms with Crippen molar-refractivity contribution in [2.45, 2.75) is 13.5 Å². The molecule has 0 N–H and O–H groups in total. The summed E-state index contributed by atoms with van der Waals surface area (Å²) in [6, 6.07) is 9.40. The Labute approximate surface area is 144 Å². The van der Waals surface area contributed by atoms with E-state index in [0.29, 0.717) is 17.2 Å². The quantitative estimate of drug-likeness (QED) is 0.541. The number of pyridine rings is 1. The summed E-state index contributed by atoms with van der Waals surface area (Å²) in [5, 5.41) is 0. The first-order valence-corrected chi connectivity index (χ1v) is 7.86. The summed E-state index contributed by atoms with van der Waals surface area (Å²) in [4.78, 5) is 16.3. The predicted molar refractivity (Wildman–Crippen MR) is 91.3 cm³/mol. The highest BCUT2D eigenvalue weighted by atomic mass is 16.7. The minimum Gasteiger partial charge on any atom is -0.456 e. The molecule has 126 valence electrons. The van der Waals surface area contributed by atoms with Crippen LogP contribution in [-0.2, 0) is 16.1 Å². The van der Waals surface area contributed by atoms with Crippen molar-refractivity contribution >= 4 is 17.7 Å². The van der Waals surface area contributed by atoms with Gasteiger partial charge in [0.25, 0.3) is 0 Å². The summed E-state index contributed by atoms with van der Waals surface area (Å²) in [6.45, 7) is 2.37. The number of carbonyl (C=O) groups is 1. The summed E-state index contributed by atoms with van der Waals surface area (Å²) in [6.07, 6.45) is 6.90. The van der Waals surface area contributed by atoms with Gasteiger partial charge in [0.05, 0.1) is 5.69 Å². The first-order valence-electron chi connectivity index (χ1n) is 7.86. The van der Waals surface area contributed by atoms with Gasteiger partial charge in [-0.3, -0.25) is 0 Å². The molecule has 25 heavy (non-hydrogen) atoms. The van der Waals surface area contributed by atoms with Gasteiger partial charge < -0.3 is 18.6 Å². The molecule has 0 saturated carbocycles. The largest absolute Gasteiger partial charge is 0.456 e. The van der Waals surface area contributed by atoms with Crippen molar-refractivity contribution in [1.82, 2.24) is 9.38 Å². The van der Waals surface area contributed by atoms with Crippen molar-refractivity contribution < 1.29 is 19.0 Å². The van der Waals surface area contributed by atoms with E-state index in [-0.39, 0.29) is 13.4 Å². The lowest BCUT2D eigenvalue weighted by atomic mass is 10.2. The number of benzene rings is 1. The molecule has 1 aliphatic rings. The van der Waals surface area contributed by atoms with Crippen molar-refractivity contribution in [2.75, 3.05) is 6.79 Å². The maximum Gasteiger partial charge on any atom is 0.331 e. The Hall–Kier alpha value is -3.28. The molecule has 0 fully saturated rings. The van der Waals surface area contributed by atoms with E-state index in [1.54, 1.807) is 6.08 Å². The van der Waals surface area contributed by atoms with Gasteiger partial charge in [-0.1, -0.05) is 12.1 Å². The van der Waals surface area contributed by atoms with Gasteiger partial charge in [-0.05, 0) is 42.3 Å². The summed E-state index contributed by atoms with van der Waals surface area (Å²) in [5.74, 6) is 0.961. The fraction of sp³-hybridized carbons (Fsp3) is 0.158. The number of esters is 1. The number of ether oxygens (including phenoxy) is 3. The van der Waals surface area contributed by atoms with Crippen LogP contribution in [0, 0.1) is 6.92 Å². The van der Waals surface area contributed by atoms with Crippen LogP contribution < -0.4 is 9.47 Å². The maximum atomic E-state index is 11.9. The topological polar surface area (TPSA) is 62.1 Å². The highest BCUT2D eigenvalue weighted by molar-refractivity contribution is 5.87. The molecule has 6 nitrogen and oxygen atoms in total. The Kier molecular flexibility index (Phi) is 3.85. The number of aryl methyl sites for hydroxylation is 1. The van der Waals surface area contributed by atoms with Gasteiger partial charge in [0.15, 0.2) is 11.5 Å². The van der Waals surface area contributed by atoms with Crippen LogP contribution >= 0.6 is 0 Å². The molecule has 3 heterocycles. The maximum absolute atomic E-state index is 11.9. The van der Waals surface area contributed by atoms with E-state index < -0.39 is 5.97 Å². The van der Waals surface area contributed by atoms with E-state index in [4.69, 9.17) is 14.2 Å². The Balaban J connectivity index is 1.38. The molecule has 0 unspecified atom stereocenters. The lowest BCUT2D eigenvalue weighted by Crippen LogP contribution is -2.00. The first kappa shape index (κ1) is 15.3. The summed E-state index contributed by atoms with van der Waals surface area (Å²) >= 11 is 0. The van der Waals surface area contributed by atoms with Crippen molar-refractivity contribution in [2.24, 2.45) is 0 Å². The highest BCUT2D eigenvalue weighted by Crippen LogP contribution is 2.32. The molecular weight excluding hydrogens is 320 g/mol. The van der Waals surface area contributed by atoms with Gasteiger partial charge in [0, 0.05) is 18.5 Å². The Bertz CT molecular complexity index is 975. The zero-order valence-corrected chi connectivity index (χ0v) is 13.6. The van der Waals surface area contributed by atoms with Gasteiger partial charge in [-0.15, -0.1) is 0 Å². The average molecular weight is 336 g/mol. The molecule has 0 amide bonds. The van der Waals surface area contributed by atoms with Crippen LogP contribution in [0.5, 0.6) is 11.5 Å². The Morgan fingerprint density at radius 3 is 3.04 bits per heavy atom. The number of rotatable bonds is 4. The second-order valence-electron chi connectivity index (χ2n) is 5.76. The van der Waals surface area contributed by atoms with Crippen molar-refractivity contribution in [3.63, 3.8) is 0 Å². The van der Waals surface area contributed by atoms with E-state index in [9.17, 15) is 4.79 Å². The van der Waals surface area contributed by atoms with Crippen LogP contribution in [-0.4, -0.2) is 22.1 Å². The number of nitrogens with zero attached hydrogens (tertiary/aromatic N) is 2. The predicted octanol–water partition coefficient (Wildman–Crippen LogP) is 3.13. The van der Waals surface area contributed by atoms with Crippen LogP contribution in [0.1, 0.15) is 16.8 Å². The van der Waals surface area contributed by atoms with Crippen molar-refractivity contribution in [3.8, 4) is 11.5 Å². The molecule has 3 aromatic rings. The molecule has 2 aromatic heterocycles. The average Bonchev–Trinajstić information content (AvgIpc) is 3.23. The zero-order chi connectivity index (χ0) is 17.2. The third-order valence-electron chi connectivity index (χ3n) is 3.82. The fourth-order valence-corrected chi connectivity index (χ4v) is 2.60. The van der Waals surface area contributed by atoms with E-state index in [1.807, 2.05) is 54.0 Å². The highest BCUT2D eigenvalue weighted by Gasteiger charge is 2.12. The van der Waals surface area contributed by atoms with Crippen LogP contribution in [0.3, 0.4) is 0 Å². The first-order chi connectivity index (χ1) is 12.2. The Morgan fingerprint density at radius 1 is 1.24 bits per heavy atom. The van der Waals surface area contributed by atoms with Gasteiger partial charge in [0.1, 0.15) is 12.3 Å². The smallest absolute Gasteiger partial charge is 0.331 e. The number of aromatic nitrogens is 2. The Morgan fingerprint density at radius 2 is 2.12 bits per heavy atom. The number of fused-ring (bicyclic) bond motifs is 2. The normalized spacial score (nSPS) is 12.8. The summed E-state index contributed by atoms with van der Waals surface area (Å²) in [7, 11) is 0. The molecular formula is C19H16N2O4. The SMILES string of the molecule is Cc1ccc2nc(COC(=O)C=Cc3ccc4c(c3)OCO4)cn2c1. The molecule has 4 rings (SSSR count). The number of imidazole rings is 1. The second kappa shape index (κ2) is 6.32. The van der Waals surface area contributed by atoms with Gasteiger partial charge >= 0.3 is 5.97 Å². The molecule has 1 aromatic carbocycles. The van der Waals surface area contributed by atoms with Gasteiger partial charge in [0.2, 0.25) is 6.79 Å². The summed E-state index contributed by atoms with van der Waals surface area (Å²) < 4.78 is 17.7. The standard InChI is InChI=1S/C19H16N2O4/c1-13-2-6-18-20-15(10-21(18)9-13)11-23-19(22)7-4-14-3-5-16-17(8-14)25-12-24-16/h2-10H,11-12H2,1H3. The van der Waals surface area contributed by atoms with Crippen LogP contribution in [0.4, 0.5) is 0 Å². The van der Waals surface area contributed by atoms with Crippen LogP contribution in [0.25, 0.3) is 11.7 Å². The molecule has 0 radical (unpaired) electrons. The van der Waals surface area contributed by atoms with Gasteiger partial charge in [-0.2, -0.15) is 0 Å². The number of carbonyl (C=O) groups excluding carboxylic acids is 1. The molecule has 0 atom stereocenters. The minimum atomic E-state index is -0.425. The molecule has 1 aliphatic heterocycles.